The largest absolute Gasteiger partial charge is 0.481 e. The number of carbonyl (C=O) groups is 2. The van der Waals surface area contributed by atoms with Crippen molar-refractivity contribution in [3.8, 4) is 5.75 Å². The van der Waals surface area contributed by atoms with Crippen molar-refractivity contribution in [3.63, 3.8) is 0 Å². The minimum atomic E-state index is -0.559. The molecule has 26 heavy (non-hydrogen) atoms. The van der Waals surface area contributed by atoms with Crippen LogP contribution >= 0.6 is 11.3 Å². The first kappa shape index (κ1) is 18.4. The van der Waals surface area contributed by atoms with Gasteiger partial charge in [-0.3, -0.25) is 20.4 Å². The van der Waals surface area contributed by atoms with E-state index in [1.165, 1.54) is 52.8 Å². The van der Waals surface area contributed by atoms with Crippen LogP contribution in [0.2, 0.25) is 0 Å². The SMILES string of the molecule is O=C(COc1ccccc1F)NNC(=O)c1cc2c(s1)CCCCCC2. The second-order valence-electron chi connectivity index (χ2n) is 6.19. The highest BCUT2D eigenvalue weighted by atomic mass is 32.1. The number of amides is 2. The average molecular weight is 376 g/mol. The predicted octanol–water partition coefficient (Wildman–Crippen LogP) is 3.39. The lowest BCUT2D eigenvalue weighted by atomic mass is 10.00. The molecular formula is C19H21FN2O3S. The molecule has 0 saturated carbocycles. The van der Waals surface area contributed by atoms with Crippen LogP contribution < -0.4 is 15.6 Å². The molecule has 1 aliphatic rings. The molecule has 7 heteroatoms. The fourth-order valence-electron chi connectivity index (χ4n) is 2.89. The van der Waals surface area contributed by atoms with Crippen LogP contribution in [0.3, 0.4) is 0 Å². The molecule has 1 heterocycles. The van der Waals surface area contributed by atoms with Gasteiger partial charge >= 0.3 is 0 Å². The van der Waals surface area contributed by atoms with Crippen molar-refractivity contribution in [1.29, 1.82) is 0 Å². The number of aryl methyl sites for hydroxylation is 2. The predicted molar refractivity (Wildman–Crippen MR) is 97.7 cm³/mol. The molecule has 2 amide bonds. The van der Waals surface area contributed by atoms with Gasteiger partial charge in [0.05, 0.1) is 4.88 Å². The van der Waals surface area contributed by atoms with Gasteiger partial charge in [0.15, 0.2) is 18.2 Å². The lowest BCUT2D eigenvalue weighted by Crippen LogP contribution is -2.43. The van der Waals surface area contributed by atoms with Crippen molar-refractivity contribution in [2.24, 2.45) is 0 Å². The van der Waals surface area contributed by atoms with Crippen LogP contribution in [0.1, 0.15) is 45.8 Å². The zero-order valence-electron chi connectivity index (χ0n) is 14.3. The normalized spacial score (nSPS) is 13.9. The minimum absolute atomic E-state index is 0.00737. The fraction of sp³-hybridized carbons (Fsp3) is 0.368. The Hall–Kier alpha value is -2.41. The van der Waals surface area contributed by atoms with Crippen molar-refractivity contribution in [2.45, 2.75) is 38.5 Å². The number of hydrogen-bond acceptors (Lipinski definition) is 4. The van der Waals surface area contributed by atoms with E-state index in [4.69, 9.17) is 4.74 Å². The van der Waals surface area contributed by atoms with Crippen LogP contribution in [-0.2, 0) is 17.6 Å². The maximum atomic E-state index is 13.4. The minimum Gasteiger partial charge on any atom is -0.481 e. The first-order valence-electron chi connectivity index (χ1n) is 8.71. The van der Waals surface area contributed by atoms with Crippen molar-refractivity contribution >= 4 is 23.2 Å². The highest BCUT2D eigenvalue weighted by Crippen LogP contribution is 2.28. The zero-order chi connectivity index (χ0) is 18.4. The molecule has 0 spiro atoms. The lowest BCUT2D eigenvalue weighted by Gasteiger charge is -2.08. The van der Waals surface area contributed by atoms with E-state index in [0.717, 1.165) is 25.7 Å². The van der Waals surface area contributed by atoms with E-state index in [1.54, 1.807) is 6.07 Å². The fourth-order valence-corrected chi connectivity index (χ4v) is 4.03. The molecule has 138 valence electrons. The van der Waals surface area contributed by atoms with E-state index in [0.29, 0.717) is 4.88 Å². The number of ether oxygens (including phenoxy) is 1. The Morgan fingerprint density at radius 2 is 1.85 bits per heavy atom. The Balaban J connectivity index is 1.50. The van der Waals surface area contributed by atoms with Crippen molar-refractivity contribution < 1.29 is 18.7 Å². The van der Waals surface area contributed by atoms with Gasteiger partial charge in [-0.05, 0) is 49.4 Å². The van der Waals surface area contributed by atoms with Crippen molar-refractivity contribution in [1.82, 2.24) is 10.9 Å². The van der Waals surface area contributed by atoms with E-state index in [1.807, 2.05) is 6.07 Å². The highest BCUT2D eigenvalue weighted by molar-refractivity contribution is 7.14. The summed E-state index contributed by atoms with van der Waals surface area (Å²) in [5.41, 5.74) is 5.93. The third-order valence-electron chi connectivity index (χ3n) is 4.23. The maximum Gasteiger partial charge on any atom is 0.279 e. The number of fused-ring (bicyclic) bond motifs is 1. The number of thiophene rings is 1. The second kappa shape index (κ2) is 8.80. The summed E-state index contributed by atoms with van der Waals surface area (Å²) < 4.78 is 18.5. The Kier molecular flexibility index (Phi) is 6.22. The molecule has 0 bridgehead atoms. The van der Waals surface area contributed by atoms with Crippen LogP contribution in [0.5, 0.6) is 5.75 Å². The molecule has 0 aliphatic heterocycles. The molecule has 5 nitrogen and oxygen atoms in total. The Labute approximate surface area is 155 Å². The van der Waals surface area contributed by atoms with Gasteiger partial charge in [0.2, 0.25) is 0 Å². The van der Waals surface area contributed by atoms with Crippen molar-refractivity contribution in [2.75, 3.05) is 6.61 Å². The summed E-state index contributed by atoms with van der Waals surface area (Å²) in [6, 6.07) is 7.75. The summed E-state index contributed by atoms with van der Waals surface area (Å²) >= 11 is 1.49. The lowest BCUT2D eigenvalue weighted by molar-refractivity contribution is -0.123. The molecule has 3 rings (SSSR count). The van der Waals surface area contributed by atoms with Gasteiger partial charge in [-0.25, -0.2) is 4.39 Å². The maximum absolute atomic E-state index is 13.4. The standard InChI is InChI=1S/C19H21FN2O3S/c20-14-8-5-6-9-15(14)25-12-18(23)21-22-19(24)17-11-13-7-3-1-2-4-10-16(13)26-17/h5-6,8-9,11H,1-4,7,10,12H2,(H,21,23)(H,22,24). The van der Waals surface area contributed by atoms with Crippen LogP contribution in [0.25, 0.3) is 0 Å². The zero-order valence-corrected chi connectivity index (χ0v) is 15.2. The molecule has 0 fully saturated rings. The van der Waals surface area contributed by atoms with Crippen LogP contribution in [-0.4, -0.2) is 18.4 Å². The summed E-state index contributed by atoms with van der Waals surface area (Å²) in [6.45, 7) is -0.387. The van der Waals surface area contributed by atoms with E-state index >= 15 is 0 Å². The molecule has 0 saturated heterocycles. The van der Waals surface area contributed by atoms with Gasteiger partial charge in [0.1, 0.15) is 0 Å². The second-order valence-corrected chi connectivity index (χ2v) is 7.33. The van der Waals surface area contributed by atoms with Crippen LogP contribution in [0.4, 0.5) is 4.39 Å². The number of hydrogen-bond donors (Lipinski definition) is 2. The van der Waals surface area contributed by atoms with E-state index in [9.17, 15) is 14.0 Å². The molecule has 0 radical (unpaired) electrons. The summed E-state index contributed by atoms with van der Waals surface area (Å²) in [6.07, 6.45) is 6.78. The Bertz CT molecular complexity index is 765. The van der Waals surface area contributed by atoms with Crippen LogP contribution in [0, 0.1) is 5.82 Å². The number of halogens is 1. The summed E-state index contributed by atoms with van der Waals surface area (Å²) in [4.78, 5) is 25.9. The smallest absolute Gasteiger partial charge is 0.279 e. The van der Waals surface area contributed by atoms with E-state index < -0.39 is 11.7 Å². The Morgan fingerprint density at radius 3 is 2.65 bits per heavy atom. The number of rotatable bonds is 4. The molecule has 0 atom stereocenters. The van der Waals surface area contributed by atoms with E-state index in [2.05, 4.69) is 10.9 Å². The third-order valence-corrected chi connectivity index (χ3v) is 5.47. The number of benzene rings is 1. The summed E-state index contributed by atoms with van der Waals surface area (Å²) in [5.74, 6) is -1.45. The molecule has 2 N–H and O–H groups in total. The molecular weight excluding hydrogens is 355 g/mol. The molecule has 1 aliphatic carbocycles. The number of hydrazine groups is 1. The van der Waals surface area contributed by atoms with Gasteiger partial charge in [0.25, 0.3) is 11.8 Å². The summed E-state index contributed by atoms with van der Waals surface area (Å²) in [7, 11) is 0. The summed E-state index contributed by atoms with van der Waals surface area (Å²) in [5, 5.41) is 0. The average Bonchev–Trinajstić information content (AvgIpc) is 3.01. The van der Waals surface area contributed by atoms with Crippen molar-refractivity contribution in [3.05, 3.63) is 51.5 Å². The quantitative estimate of drug-likeness (QED) is 0.804. The third kappa shape index (κ3) is 4.82. The number of nitrogens with one attached hydrogen (secondary N) is 2. The van der Waals surface area contributed by atoms with Gasteiger partial charge in [0, 0.05) is 4.88 Å². The first-order valence-corrected chi connectivity index (χ1v) is 9.53. The molecule has 1 aromatic carbocycles. The number of carbonyl (C=O) groups excluding carboxylic acids is 2. The van der Waals surface area contributed by atoms with Gasteiger partial charge < -0.3 is 4.74 Å². The first-order chi connectivity index (χ1) is 12.6. The number of para-hydroxylation sites is 1. The van der Waals surface area contributed by atoms with Gasteiger partial charge in [-0.2, -0.15) is 0 Å². The topological polar surface area (TPSA) is 67.4 Å². The van der Waals surface area contributed by atoms with Crippen LogP contribution in [0.15, 0.2) is 30.3 Å². The molecule has 2 aromatic rings. The molecule has 0 unspecified atom stereocenters. The van der Waals surface area contributed by atoms with Gasteiger partial charge in [-0.1, -0.05) is 25.0 Å². The highest BCUT2D eigenvalue weighted by Gasteiger charge is 2.16. The monoisotopic (exact) mass is 376 g/mol. The van der Waals surface area contributed by atoms with Gasteiger partial charge in [-0.15, -0.1) is 11.3 Å². The Morgan fingerprint density at radius 1 is 1.08 bits per heavy atom. The van der Waals surface area contributed by atoms with E-state index in [-0.39, 0.29) is 18.3 Å². The molecule has 1 aromatic heterocycles.